The zero-order valence-electron chi connectivity index (χ0n) is 15.2. The first kappa shape index (κ1) is 19.9. The molecule has 0 unspecified atom stereocenters. The molecule has 0 aliphatic heterocycles. The van der Waals surface area contributed by atoms with Crippen LogP contribution >= 0.6 is 0 Å². The third kappa shape index (κ3) is 5.03. The molecule has 2 rings (SSSR count). The van der Waals surface area contributed by atoms with Crippen LogP contribution in [0.3, 0.4) is 0 Å². The monoisotopic (exact) mass is 381 g/mol. The number of rotatable bonds is 9. The summed E-state index contributed by atoms with van der Waals surface area (Å²) in [6.45, 7) is 2.06. The molecule has 0 saturated carbocycles. The molecule has 0 bridgehead atoms. The molecule has 0 radical (unpaired) electrons. The summed E-state index contributed by atoms with van der Waals surface area (Å²) in [5.74, 6) is 1.99. The van der Waals surface area contributed by atoms with Gasteiger partial charge in [-0.05, 0) is 24.6 Å². The molecule has 0 spiro atoms. The molecule has 0 saturated heterocycles. The zero-order valence-corrected chi connectivity index (χ0v) is 16.1. The van der Waals surface area contributed by atoms with Crippen molar-refractivity contribution in [3.8, 4) is 23.0 Å². The highest BCUT2D eigenvalue weighted by molar-refractivity contribution is 7.89. The summed E-state index contributed by atoms with van der Waals surface area (Å²) >= 11 is 0. The Kier molecular flexibility index (Phi) is 6.70. The summed E-state index contributed by atoms with van der Waals surface area (Å²) in [5, 5.41) is 0. The first-order chi connectivity index (χ1) is 12.4. The van der Waals surface area contributed by atoms with Crippen LogP contribution in [0, 0.1) is 6.92 Å². The van der Waals surface area contributed by atoms with Crippen LogP contribution in [-0.2, 0) is 10.0 Å². The van der Waals surface area contributed by atoms with Crippen molar-refractivity contribution in [2.75, 3.05) is 34.5 Å². The maximum absolute atomic E-state index is 12.5. The average Bonchev–Trinajstić information content (AvgIpc) is 2.64. The van der Waals surface area contributed by atoms with E-state index in [0.717, 1.165) is 5.56 Å². The Bertz CT molecular complexity index is 829. The number of hydrogen-bond acceptors (Lipinski definition) is 6. The molecule has 0 atom stereocenters. The van der Waals surface area contributed by atoms with E-state index in [4.69, 9.17) is 18.9 Å². The highest BCUT2D eigenvalue weighted by Crippen LogP contribution is 2.27. The summed E-state index contributed by atoms with van der Waals surface area (Å²) in [5.41, 5.74) is 0.825. The van der Waals surface area contributed by atoms with Crippen molar-refractivity contribution >= 4 is 10.0 Å². The van der Waals surface area contributed by atoms with Crippen LogP contribution in [0.4, 0.5) is 0 Å². The topological polar surface area (TPSA) is 83.1 Å². The largest absolute Gasteiger partial charge is 0.496 e. The van der Waals surface area contributed by atoms with Gasteiger partial charge in [0.25, 0.3) is 0 Å². The number of hydrogen-bond donors (Lipinski definition) is 1. The van der Waals surface area contributed by atoms with Crippen molar-refractivity contribution in [3.05, 3.63) is 42.0 Å². The van der Waals surface area contributed by atoms with Gasteiger partial charge in [-0.2, -0.15) is 0 Å². The molecule has 2 aromatic carbocycles. The van der Waals surface area contributed by atoms with Gasteiger partial charge < -0.3 is 18.9 Å². The number of methoxy groups -OCH3 is 3. The van der Waals surface area contributed by atoms with Gasteiger partial charge in [0, 0.05) is 24.7 Å². The van der Waals surface area contributed by atoms with Gasteiger partial charge in [0.05, 0.1) is 21.3 Å². The molecule has 7 nitrogen and oxygen atoms in total. The van der Waals surface area contributed by atoms with Gasteiger partial charge in [-0.15, -0.1) is 0 Å². The minimum Gasteiger partial charge on any atom is -0.496 e. The van der Waals surface area contributed by atoms with E-state index in [9.17, 15) is 8.42 Å². The van der Waals surface area contributed by atoms with Crippen LogP contribution in [-0.4, -0.2) is 42.9 Å². The van der Waals surface area contributed by atoms with Gasteiger partial charge >= 0.3 is 0 Å². The molecular weight excluding hydrogens is 358 g/mol. The van der Waals surface area contributed by atoms with E-state index in [0.29, 0.717) is 23.0 Å². The van der Waals surface area contributed by atoms with Gasteiger partial charge in [0.2, 0.25) is 10.0 Å². The van der Waals surface area contributed by atoms with E-state index in [1.807, 2.05) is 6.92 Å². The summed E-state index contributed by atoms with van der Waals surface area (Å²) in [4.78, 5) is 0.100. The summed E-state index contributed by atoms with van der Waals surface area (Å²) in [7, 11) is 0.811. The molecule has 26 heavy (non-hydrogen) atoms. The molecular formula is C18H23NO6S. The Morgan fingerprint density at radius 3 is 2.08 bits per heavy atom. The maximum Gasteiger partial charge on any atom is 0.244 e. The molecule has 0 fully saturated rings. The molecule has 0 aliphatic rings. The highest BCUT2D eigenvalue weighted by Gasteiger charge is 2.19. The summed E-state index contributed by atoms with van der Waals surface area (Å²) in [6, 6.07) is 10.1. The maximum atomic E-state index is 12.5. The SMILES string of the molecule is COc1cc(OC)cc(OCCNS(=O)(=O)c2cc(C)ccc2OC)c1. The van der Waals surface area contributed by atoms with Crippen LogP contribution in [0.25, 0.3) is 0 Å². The van der Waals surface area contributed by atoms with E-state index in [2.05, 4.69) is 4.72 Å². The average molecular weight is 381 g/mol. The standard InChI is InChI=1S/C18H23NO6S/c1-13-5-6-17(24-4)18(9-13)26(20,21)19-7-8-25-16-11-14(22-2)10-15(12-16)23-3/h5-6,9-12,19H,7-8H2,1-4H3. The minimum absolute atomic E-state index is 0.0962. The fourth-order valence-corrected chi connectivity index (χ4v) is 3.55. The lowest BCUT2D eigenvalue weighted by molar-refractivity contribution is 0.315. The Morgan fingerprint density at radius 1 is 0.885 bits per heavy atom. The first-order valence-electron chi connectivity index (χ1n) is 7.90. The third-order valence-electron chi connectivity index (χ3n) is 3.60. The molecule has 2 aromatic rings. The predicted octanol–water partition coefficient (Wildman–Crippen LogP) is 2.38. The summed E-state index contributed by atoms with van der Waals surface area (Å²) < 4.78 is 48.5. The lowest BCUT2D eigenvalue weighted by atomic mass is 10.2. The lowest BCUT2D eigenvalue weighted by Gasteiger charge is -2.13. The van der Waals surface area contributed by atoms with Crippen molar-refractivity contribution in [2.45, 2.75) is 11.8 Å². The number of aryl methyl sites for hydroxylation is 1. The van der Waals surface area contributed by atoms with Crippen LogP contribution < -0.4 is 23.7 Å². The molecule has 0 heterocycles. The van der Waals surface area contributed by atoms with Crippen molar-refractivity contribution in [3.63, 3.8) is 0 Å². The lowest BCUT2D eigenvalue weighted by Crippen LogP contribution is -2.28. The van der Waals surface area contributed by atoms with E-state index in [1.54, 1.807) is 50.6 Å². The molecule has 0 aliphatic carbocycles. The second-order valence-electron chi connectivity index (χ2n) is 5.45. The highest BCUT2D eigenvalue weighted by atomic mass is 32.2. The summed E-state index contributed by atoms with van der Waals surface area (Å²) in [6.07, 6.45) is 0. The first-order valence-corrected chi connectivity index (χ1v) is 9.38. The quantitative estimate of drug-likeness (QED) is 0.672. The van der Waals surface area contributed by atoms with Crippen LogP contribution in [0.5, 0.6) is 23.0 Å². The molecule has 0 amide bonds. The number of benzene rings is 2. The van der Waals surface area contributed by atoms with Gasteiger partial charge in [-0.25, -0.2) is 13.1 Å². The second-order valence-corrected chi connectivity index (χ2v) is 7.18. The Morgan fingerprint density at radius 2 is 1.50 bits per heavy atom. The van der Waals surface area contributed by atoms with Crippen molar-refractivity contribution < 1.29 is 27.4 Å². The Balaban J connectivity index is 2.00. The fraction of sp³-hybridized carbons (Fsp3) is 0.333. The van der Waals surface area contributed by atoms with Crippen molar-refractivity contribution in [1.29, 1.82) is 0 Å². The smallest absolute Gasteiger partial charge is 0.244 e. The normalized spacial score (nSPS) is 11.1. The molecule has 8 heteroatoms. The van der Waals surface area contributed by atoms with Gasteiger partial charge in [-0.3, -0.25) is 0 Å². The second kappa shape index (κ2) is 8.77. The molecule has 1 N–H and O–H groups in total. The molecule has 0 aromatic heterocycles. The Labute approximate surface area is 153 Å². The number of nitrogens with one attached hydrogen (secondary N) is 1. The minimum atomic E-state index is -3.71. The predicted molar refractivity (Wildman–Crippen MR) is 98.0 cm³/mol. The van der Waals surface area contributed by atoms with Crippen LogP contribution in [0.15, 0.2) is 41.3 Å². The van der Waals surface area contributed by atoms with Crippen LogP contribution in [0.1, 0.15) is 5.56 Å². The molecule has 142 valence electrons. The number of sulfonamides is 1. The van der Waals surface area contributed by atoms with E-state index in [-0.39, 0.29) is 18.0 Å². The van der Waals surface area contributed by atoms with Crippen molar-refractivity contribution in [2.24, 2.45) is 0 Å². The van der Waals surface area contributed by atoms with E-state index < -0.39 is 10.0 Å². The third-order valence-corrected chi connectivity index (χ3v) is 5.08. The van der Waals surface area contributed by atoms with E-state index >= 15 is 0 Å². The fourth-order valence-electron chi connectivity index (χ4n) is 2.28. The number of ether oxygens (including phenoxy) is 4. The van der Waals surface area contributed by atoms with Crippen molar-refractivity contribution in [1.82, 2.24) is 4.72 Å². The van der Waals surface area contributed by atoms with Gasteiger partial charge in [0.15, 0.2) is 0 Å². The zero-order chi connectivity index (χ0) is 19.2. The Hall–Kier alpha value is -2.45. The van der Waals surface area contributed by atoms with Gasteiger partial charge in [0.1, 0.15) is 34.5 Å². The van der Waals surface area contributed by atoms with E-state index in [1.165, 1.54) is 7.11 Å². The van der Waals surface area contributed by atoms with Gasteiger partial charge in [-0.1, -0.05) is 6.07 Å². The van der Waals surface area contributed by atoms with Crippen LogP contribution in [0.2, 0.25) is 0 Å².